The molecule has 1 heterocycles. The van der Waals surface area contributed by atoms with Crippen LogP contribution in [0.2, 0.25) is 0 Å². The smallest absolute Gasteiger partial charge is 0.294 e. The highest BCUT2D eigenvalue weighted by Crippen LogP contribution is 2.30. The van der Waals surface area contributed by atoms with Crippen molar-refractivity contribution in [2.75, 3.05) is 11.4 Å². The lowest BCUT2D eigenvalue weighted by Gasteiger charge is -2.17. The van der Waals surface area contributed by atoms with Gasteiger partial charge in [0.05, 0.1) is 4.90 Å². The third-order valence-electron chi connectivity index (χ3n) is 3.18. The molecule has 0 spiro atoms. The topological polar surface area (TPSA) is 91.8 Å². The quantitative estimate of drug-likeness (QED) is 0.847. The number of hydrogen-bond donors (Lipinski definition) is 1. The molecule has 1 aliphatic rings. The van der Waals surface area contributed by atoms with E-state index in [9.17, 15) is 22.6 Å². The lowest BCUT2D eigenvalue weighted by Crippen LogP contribution is -2.25. The highest BCUT2D eigenvalue weighted by molar-refractivity contribution is 8.14. The fourth-order valence-corrected chi connectivity index (χ4v) is 3.94. The summed E-state index contributed by atoms with van der Waals surface area (Å²) in [5.41, 5.74) is 0.812. The molecular weight excluding hydrogens is 314 g/mol. The Morgan fingerprint density at radius 1 is 1.43 bits per heavy atom. The fraction of sp³-hybridized carbons (Fsp3) is 0.385. The number of thioether (sulfide) groups is 1. The zero-order valence-corrected chi connectivity index (χ0v) is 13.2. The zero-order valence-electron chi connectivity index (χ0n) is 11.6. The molecule has 1 aromatic carbocycles. The monoisotopic (exact) mass is 329 g/mol. The summed E-state index contributed by atoms with van der Waals surface area (Å²) >= 11 is 1.11. The first-order valence-electron chi connectivity index (χ1n) is 6.24. The Morgan fingerprint density at radius 2 is 2.10 bits per heavy atom. The van der Waals surface area contributed by atoms with Gasteiger partial charge in [0.15, 0.2) is 5.12 Å². The van der Waals surface area contributed by atoms with Crippen LogP contribution in [0.5, 0.6) is 0 Å². The zero-order chi connectivity index (χ0) is 15.8. The third kappa shape index (κ3) is 3.63. The lowest BCUT2D eigenvalue weighted by atomic mass is 10.2. The van der Waals surface area contributed by atoms with Gasteiger partial charge >= 0.3 is 0 Å². The molecule has 1 unspecified atom stereocenters. The summed E-state index contributed by atoms with van der Waals surface area (Å²) < 4.78 is 31.8. The van der Waals surface area contributed by atoms with Gasteiger partial charge in [-0.2, -0.15) is 8.42 Å². The number of carbonyl (C=O) groups is 2. The van der Waals surface area contributed by atoms with Crippen molar-refractivity contribution in [1.82, 2.24) is 0 Å². The first kappa shape index (κ1) is 16.0. The molecule has 1 N–H and O–H groups in total. The van der Waals surface area contributed by atoms with Crippen LogP contribution in [0.3, 0.4) is 0 Å². The van der Waals surface area contributed by atoms with Crippen molar-refractivity contribution in [2.45, 2.75) is 30.4 Å². The Bertz CT molecular complexity index is 699. The first-order chi connectivity index (χ1) is 9.68. The highest BCUT2D eigenvalue weighted by atomic mass is 32.2. The minimum atomic E-state index is -4.33. The van der Waals surface area contributed by atoms with Gasteiger partial charge < -0.3 is 4.90 Å². The number of anilines is 1. The molecule has 1 amide bonds. The van der Waals surface area contributed by atoms with Crippen LogP contribution in [-0.4, -0.2) is 35.8 Å². The molecule has 1 aromatic rings. The first-order valence-corrected chi connectivity index (χ1v) is 8.56. The van der Waals surface area contributed by atoms with Gasteiger partial charge in [-0.3, -0.25) is 14.1 Å². The molecular formula is C13H15NO5S2. The van der Waals surface area contributed by atoms with Crippen LogP contribution in [0.1, 0.15) is 18.9 Å². The van der Waals surface area contributed by atoms with Crippen LogP contribution in [0.25, 0.3) is 0 Å². The second kappa shape index (κ2) is 5.78. The molecule has 8 heteroatoms. The van der Waals surface area contributed by atoms with Gasteiger partial charge in [0, 0.05) is 30.8 Å². The van der Waals surface area contributed by atoms with Crippen LogP contribution in [0.4, 0.5) is 5.69 Å². The Balaban J connectivity index is 2.31. The molecule has 0 bridgehead atoms. The molecule has 0 radical (unpaired) electrons. The molecule has 1 atom stereocenters. The van der Waals surface area contributed by atoms with Crippen molar-refractivity contribution in [3.63, 3.8) is 0 Å². The van der Waals surface area contributed by atoms with Crippen molar-refractivity contribution < 1.29 is 22.6 Å². The number of rotatable bonds is 3. The maximum absolute atomic E-state index is 12.0. The Kier molecular flexibility index (Phi) is 4.40. The van der Waals surface area contributed by atoms with Gasteiger partial charge in [0.2, 0.25) is 5.91 Å². The lowest BCUT2D eigenvalue weighted by molar-refractivity contribution is -0.117. The molecule has 1 saturated heterocycles. The molecule has 1 fully saturated rings. The maximum atomic E-state index is 12.0. The second-order valence-electron chi connectivity index (χ2n) is 4.86. The van der Waals surface area contributed by atoms with E-state index in [0.717, 1.165) is 11.8 Å². The van der Waals surface area contributed by atoms with Crippen molar-refractivity contribution >= 4 is 38.6 Å². The average Bonchev–Trinajstić information content (AvgIpc) is 2.68. The van der Waals surface area contributed by atoms with Crippen molar-refractivity contribution in [1.29, 1.82) is 0 Å². The van der Waals surface area contributed by atoms with Crippen LogP contribution in [0, 0.1) is 6.92 Å². The molecule has 2 rings (SSSR count). The van der Waals surface area contributed by atoms with Gasteiger partial charge in [-0.25, -0.2) is 0 Å². The minimum Gasteiger partial charge on any atom is -0.311 e. The van der Waals surface area contributed by atoms with E-state index in [1.165, 1.54) is 24.0 Å². The number of nitrogens with zero attached hydrogens (tertiary/aromatic N) is 1. The van der Waals surface area contributed by atoms with E-state index in [2.05, 4.69) is 0 Å². The second-order valence-corrected chi connectivity index (χ2v) is 7.73. The number of hydrogen-bond acceptors (Lipinski definition) is 5. The standard InChI is InChI=1S/C13H15NO5S2/c1-8-3-4-10(5-12(8)21(17,18)19)14-7-11(6-13(14)16)20-9(2)15/h3-5,11H,6-7H2,1-2H3,(H,17,18,19). The highest BCUT2D eigenvalue weighted by Gasteiger charge is 2.32. The molecule has 21 heavy (non-hydrogen) atoms. The predicted octanol–water partition coefficient (Wildman–Crippen LogP) is 1.63. The van der Waals surface area contributed by atoms with Gasteiger partial charge in [0.25, 0.3) is 10.1 Å². The Hall–Kier alpha value is -1.38. The van der Waals surface area contributed by atoms with E-state index in [1.54, 1.807) is 13.0 Å². The summed E-state index contributed by atoms with van der Waals surface area (Å²) in [6.07, 6.45) is 0.235. The molecule has 1 aliphatic heterocycles. The molecule has 0 aromatic heterocycles. The van der Waals surface area contributed by atoms with Gasteiger partial charge in [-0.1, -0.05) is 17.8 Å². The SMILES string of the molecule is CC(=O)SC1CC(=O)N(c2ccc(C)c(S(=O)(=O)O)c2)C1. The van der Waals surface area contributed by atoms with Crippen LogP contribution >= 0.6 is 11.8 Å². The minimum absolute atomic E-state index is 0.0582. The average molecular weight is 329 g/mol. The van der Waals surface area contributed by atoms with E-state index in [0.29, 0.717) is 17.8 Å². The Morgan fingerprint density at radius 3 is 2.67 bits per heavy atom. The van der Waals surface area contributed by atoms with E-state index < -0.39 is 10.1 Å². The molecule has 0 aliphatic carbocycles. The van der Waals surface area contributed by atoms with Gasteiger partial charge in [-0.15, -0.1) is 0 Å². The summed E-state index contributed by atoms with van der Waals surface area (Å²) in [7, 11) is -4.33. The summed E-state index contributed by atoms with van der Waals surface area (Å²) in [6.45, 7) is 3.35. The number of amides is 1. The van der Waals surface area contributed by atoms with Gasteiger partial charge in [0.1, 0.15) is 0 Å². The van der Waals surface area contributed by atoms with Crippen molar-refractivity contribution in [2.24, 2.45) is 0 Å². The number of benzene rings is 1. The van der Waals surface area contributed by atoms with Crippen molar-refractivity contribution in [3.8, 4) is 0 Å². The predicted molar refractivity (Wildman–Crippen MR) is 80.0 cm³/mol. The van der Waals surface area contributed by atoms with Crippen LogP contribution < -0.4 is 4.90 Å². The maximum Gasteiger partial charge on any atom is 0.294 e. The fourth-order valence-electron chi connectivity index (χ4n) is 2.27. The van der Waals surface area contributed by atoms with Crippen LogP contribution in [-0.2, 0) is 19.7 Å². The molecule has 0 saturated carbocycles. The summed E-state index contributed by atoms with van der Waals surface area (Å²) in [5, 5.41) is -0.192. The Labute approximate surface area is 127 Å². The third-order valence-corrected chi connectivity index (χ3v) is 5.16. The normalized spacial score (nSPS) is 19.1. The van der Waals surface area contributed by atoms with E-state index in [-0.39, 0.29) is 27.6 Å². The van der Waals surface area contributed by atoms with Gasteiger partial charge in [-0.05, 0) is 24.6 Å². The van der Waals surface area contributed by atoms with E-state index in [1.807, 2.05) is 0 Å². The number of aryl methyl sites for hydroxylation is 1. The summed E-state index contributed by atoms with van der Waals surface area (Å²) in [4.78, 5) is 24.3. The van der Waals surface area contributed by atoms with E-state index in [4.69, 9.17) is 0 Å². The summed E-state index contributed by atoms with van der Waals surface area (Å²) in [5.74, 6) is -0.168. The number of carbonyl (C=O) groups excluding carboxylic acids is 2. The van der Waals surface area contributed by atoms with Crippen molar-refractivity contribution in [3.05, 3.63) is 23.8 Å². The van der Waals surface area contributed by atoms with E-state index >= 15 is 0 Å². The van der Waals surface area contributed by atoms with Crippen LogP contribution in [0.15, 0.2) is 23.1 Å². The summed E-state index contributed by atoms with van der Waals surface area (Å²) in [6, 6.07) is 4.45. The largest absolute Gasteiger partial charge is 0.311 e. The molecule has 6 nitrogen and oxygen atoms in total. The molecule has 114 valence electrons.